The van der Waals surface area contributed by atoms with E-state index in [1.807, 2.05) is 13.8 Å². The lowest BCUT2D eigenvalue weighted by Crippen LogP contribution is -2.37. The molecule has 1 unspecified atom stereocenters. The Hall–Kier alpha value is -0.510. The zero-order chi connectivity index (χ0) is 12.1. The number of hydrogen-bond acceptors (Lipinski definition) is 2. The Morgan fingerprint density at radius 1 is 1.27 bits per heavy atom. The van der Waals surface area contributed by atoms with Gasteiger partial charge in [-0.3, -0.25) is 4.79 Å². The van der Waals surface area contributed by atoms with Gasteiger partial charge in [0.05, 0.1) is 0 Å². The van der Waals surface area contributed by atoms with Crippen LogP contribution < -0.4 is 0 Å². The minimum Gasteiger partial charge on any atom is -0.361 e. The van der Waals surface area contributed by atoms with Crippen molar-refractivity contribution in [1.82, 2.24) is 0 Å². The summed E-state index contributed by atoms with van der Waals surface area (Å²) in [6.07, 6.45) is 0.539. The van der Waals surface area contributed by atoms with E-state index in [-0.39, 0.29) is 12.2 Å². The smallest absolute Gasteiger partial charge is 0.271 e. The van der Waals surface area contributed by atoms with E-state index in [1.165, 1.54) is 6.92 Å². The van der Waals surface area contributed by atoms with Crippen LogP contribution in [0.2, 0.25) is 0 Å². The predicted molar refractivity (Wildman–Crippen MR) is 55.2 cm³/mol. The maximum absolute atomic E-state index is 12.8. The van der Waals surface area contributed by atoms with E-state index >= 15 is 0 Å². The number of hydrogen-bond donors (Lipinski definition) is 0. The molecule has 1 saturated heterocycles. The van der Waals surface area contributed by atoms with Crippen LogP contribution in [0.5, 0.6) is 0 Å². The van der Waals surface area contributed by atoms with E-state index in [0.29, 0.717) is 12.8 Å². The number of ether oxygens (including phenoxy) is 1. The number of ketones is 1. The summed E-state index contributed by atoms with van der Waals surface area (Å²) in [5, 5.41) is 0. The summed E-state index contributed by atoms with van der Waals surface area (Å²) in [5.74, 6) is -2.95. The Kier molecular flexibility index (Phi) is 5.35. The maximum Gasteiger partial charge on any atom is 0.271 e. The SMILES string of the molecule is CC.CC(=O)C1(C)CCCC(F)(F)CO1. The molecule has 0 aliphatic carbocycles. The molecule has 0 N–H and O–H groups in total. The number of carbonyl (C=O) groups is 1. The number of alkyl halides is 2. The molecule has 0 amide bonds. The molecule has 1 rings (SSSR count). The molecule has 0 spiro atoms. The lowest BCUT2D eigenvalue weighted by Gasteiger charge is -2.25. The molecule has 0 saturated carbocycles. The maximum atomic E-state index is 12.8. The molecule has 1 aliphatic rings. The van der Waals surface area contributed by atoms with Gasteiger partial charge in [0.15, 0.2) is 5.78 Å². The summed E-state index contributed by atoms with van der Waals surface area (Å²) in [6.45, 7) is 6.32. The molecule has 2 nitrogen and oxygen atoms in total. The minimum atomic E-state index is -2.77. The highest BCUT2D eigenvalue weighted by Crippen LogP contribution is 2.32. The van der Waals surface area contributed by atoms with E-state index in [4.69, 9.17) is 4.74 Å². The van der Waals surface area contributed by atoms with Gasteiger partial charge in [0, 0.05) is 6.42 Å². The molecule has 0 radical (unpaired) electrons. The van der Waals surface area contributed by atoms with Crippen molar-refractivity contribution in [2.75, 3.05) is 6.61 Å². The largest absolute Gasteiger partial charge is 0.361 e. The highest BCUT2D eigenvalue weighted by Gasteiger charge is 2.40. The van der Waals surface area contributed by atoms with Crippen LogP contribution in [-0.4, -0.2) is 23.9 Å². The summed E-state index contributed by atoms with van der Waals surface area (Å²) in [6, 6.07) is 0. The third-order valence-corrected chi connectivity index (χ3v) is 2.54. The lowest BCUT2D eigenvalue weighted by molar-refractivity contribution is -0.151. The van der Waals surface area contributed by atoms with Crippen LogP contribution in [0.1, 0.15) is 47.0 Å². The molecule has 0 aromatic heterocycles. The Morgan fingerprint density at radius 3 is 2.27 bits per heavy atom. The molecule has 90 valence electrons. The summed E-state index contributed by atoms with van der Waals surface area (Å²) in [7, 11) is 0. The van der Waals surface area contributed by atoms with Gasteiger partial charge in [-0.25, -0.2) is 8.78 Å². The normalized spacial score (nSPS) is 29.7. The fraction of sp³-hybridized carbons (Fsp3) is 0.909. The van der Waals surface area contributed by atoms with E-state index in [9.17, 15) is 13.6 Å². The average Bonchev–Trinajstić information content (AvgIpc) is 2.30. The first-order valence-electron chi connectivity index (χ1n) is 5.39. The predicted octanol–water partition coefficient (Wildman–Crippen LogP) is 3.20. The highest BCUT2D eigenvalue weighted by atomic mass is 19.3. The molecular weight excluding hydrogens is 202 g/mol. The van der Waals surface area contributed by atoms with Crippen molar-refractivity contribution in [2.24, 2.45) is 0 Å². The lowest BCUT2D eigenvalue weighted by atomic mass is 9.95. The van der Waals surface area contributed by atoms with Crippen LogP contribution >= 0.6 is 0 Å². The number of halogens is 2. The van der Waals surface area contributed by atoms with Gasteiger partial charge in [-0.05, 0) is 26.7 Å². The van der Waals surface area contributed by atoms with Crippen molar-refractivity contribution in [3.63, 3.8) is 0 Å². The van der Waals surface area contributed by atoms with Gasteiger partial charge in [0.25, 0.3) is 5.92 Å². The van der Waals surface area contributed by atoms with Gasteiger partial charge >= 0.3 is 0 Å². The van der Waals surface area contributed by atoms with E-state index in [2.05, 4.69) is 0 Å². The first-order chi connectivity index (χ1) is 6.86. The quantitative estimate of drug-likeness (QED) is 0.681. The van der Waals surface area contributed by atoms with Crippen molar-refractivity contribution in [2.45, 2.75) is 58.5 Å². The van der Waals surface area contributed by atoms with Crippen molar-refractivity contribution in [3.05, 3.63) is 0 Å². The summed E-state index contributed by atoms with van der Waals surface area (Å²) >= 11 is 0. The van der Waals surface area contributed by atoms with Gasteiger partial charge in [0.1, 0.15) is 12.2 Å². The topological polar surface area (TPSA) is 26.3 Å². The van der Waals surface area contributed by atoms with E-state index in [0.717, 1.165) is 0 Å². The van der Waals surface area contributed by atoms with Gasteiger partial charge < -0.3 is 4.74 Å². The zero-order valence-corrected chi connectivity index (χ0v) is 9.90. The Bertz CT molecular complexity index is 217. The summed E-state index contributed by atoms with van der Waals surface area (Å²) in [4.78, 5) is 11.1. The van der Waals surface area contributed by atoms with E-state index in [1.54, 1.807) is 6.92 Å². The average molecular weight is 222 g/mol. The summed E-state index contributed by atoms with van der Waals surface area (Å²) < 4.78 is 30.6. The molecular formula is C11H20F2O2. The molecule has 1 aliphatic heterocycles. The second-order valence-corrected chi connectivity index (χ2v) is 3.79. The highest BCUT2D eigenvalue weighted by molar-refractivity contribution is 5.84. The summed E-state index contributed by atoms with van der Waals surface area (Å²) in [5.41, 5.74) is -1.00. The van der Waals surface area contributed by atoms with Crippen LogP contribution in [0.15, 0.2) is 0 Å². The van der Waals surface area contributed by atoms with Crippen LogP contribution in [0, 0.1) is 0 Å². The van der Waals surface area contributed by atoms with Crippen LogP contribution in [0.25, 0.3) is 0 Å². The Balaban J connectivity index is 0.000000921. The zero-order valence-electron chi connectivity index (χ0n) is 9.90. The van der Waals surface area contributed by atoms with Crippen molar-refractivity contribution >= 4 is 5.78 Å². The van der Waals surface area contributed by atoms with Crippen LogP contribution in [0.4, 0.5) is 8.78 Å². The Labute approximate surface area is 90.0 Å². The van der Waals surface area contributed by atoms with Crippen molar-refractivity contribution in [1.29, 1.82) is 0 Å². The minimum absolute atomic E-state index is 0.176. The molecule has 4 heteroatoms. The molecule has 15 heavy (non-hydrogen) atoms. The Morgan fingerprint density at radius 2 is 1.80 bits per heavy atom. The third kappa shape index (κ3) is 4.24. The molecule has 1 fully saturated rings. The molecule has 1 heterocycles. The third-order valence-electron chi connectivity index (χ3n) is 2.54. The standard InChI is InChI=1S/C9H14F2O2.C2H6/c1-7(12)8(2)4-3-5-9(10,11)6-13-8;1-2/h3-6H2,1-2H3;1-2H3. The van der Waals surface area contributed by atoms with E-state index < -0.39 is 18.1 Å². The second kappa shape index (κ2) is 5.54. The fourth-order valence-corrected chi connectivity index (χ4v) is 1.37. The van der Waals surface area contributed by atoms with Crippen molar-refractivity contribution < 1.29 is 18.3 Å². The second-order valence-electron chi connectivity index (χ2n) is 3.79. The first kappa shape index (κ1) is 14.5. The van der Waals surface area contributed by atoms with Gasteiger partial charge in [-0.15, -0.1) is 0 Å². The fourth-order valence-electron chi connectivity index (χ4n) is 1.37. The number of carbonyl (C=O) groups excluding carboxylic acids is 1. The monoisotopic (exact) mass is 222 g/mol. The van der Waals surface area contributed by atoms with Crippen molar-refractivity contribution in [3.8, 4) is 0 Å². The van der Waals surface area contributed by atoms with Crippen LogP contribution in [0.3, 0.4) is 0 Å². The number of rotatable bonds is 1. The number of Topliss-reactive ketones (excluding diaryl/α,β-unsaturated/α-hetero) is 1. The van der Waals surface area contributed by atoms with Gasteiger partial charge in [0.2, 0.25) is 0 Å². The first-order valence-corrected chi connectivity index (χ1v) is 5.39. The van der Waals surface area contributed by atoms with Gasteiger partial charge in [-0.1, -0.05) is 13.8 Å². The molecule has 0 aromatic carbocycles. The van der Waals surface area contributed by atoms with Gasteiger partial charge in [-0.2, -0.15) is 0 Å². The van der Waals surface area contributed by atoms with Crippen LogP contribution in [-0.2, 0) is 9.53 Å². The molecule has 0 bridgehead atoms. The molecule has 1 atom stereocenters. The molecule has 0 aromatic rings.